The van der Waals surface area contributed by atoms with Crippen molar-refractivity contribution >= 4 is 23.7 Å². The van der Waals surface area contributed by atoms with E-state index in [2.05, 4.69) is 10.5 Å². The molecule has 0 spiro atoms. The first-order valence-electron chi connectivity index (χ1n) is 6.02. The Morgan fingerprint density at radius 1 is 1.33 bits per heavy atom. The molecule has 21 heavy (non-hydrogen) atoms. The third-order valence-corrected chi connectivity index (χ3v) is 2.87. The Hall–Kier alpha value is -2.40. The van der Waals surface area contributed by atoms with Crippen molar-refractivity contribution in [1.82, 2.24) is 5.43 Å². The quantitative estimate of drug-likeness (QED) is 0.696. The Bertz CT molecular complexity index is 689. The number of carbonyl (C=O) groups is 1. The van der Waals surface area contributed by atoms with E-state index in [0.717, 1.165) is 0 Å². The van der Waals surface area contributed by atoms with Gasteiger partial charge in [0.25, 0.3) is 5.91 Å². The number of rotatable bonds is 4. The van der Waals surface area contributed by atoms with Crippen LogP contribution in [0.5, 0.6) is 5.75 Å². The maximum Gasteiger partial charge on any atom is 0.275 e. The van der Waals surface area contributed by atoms with Gasteiger partial charge < -0.3 is 4.74 Å². The summed E-state index contributed by atoms with van der Waals surface area (Å²) in [5.74, 6) is -0.457. The molecule has 0 fully saturated rings. The standard InChI is InChI=1S/C15H12ClFN2O2/c1-21-14-6-5-11(16)8-13(14)15(20)19-18-9-10-3-2-4-12(17)7-10/h2-9H,1H3,(H,19,20). The van der Waals surface area contributed by atoms with Gasteiger partial charge >= 0.3 is 0 Å². The summed E-state index contributed by atoms with van der Waals surface area (Å²) in [7, 11) is 1.45. The van der Waals surface area contributed by atoms with Crippen LogP contribution in [0.15, 0.2) is 47.6 Å². The second-order valence-electron chi connectivity index (χ2n) is 4.10. The predicted molar refractivity (Wildman–Crippen MR) is 79.5 cm³/mol. The van der Waals surface area contributed by atoms with Crippen molar-refractivity contribution in [2.75, 3.05) is 7.11 Å². The van der Waals surface area contributed by atoms with Gasteiger partial charge in [-0.3, -0.25) is 4.79 Å². The first kappa shape index (κ1) is 15.0. The molecule has 0 radical (unpaired) electrons. The van der Waals surface area contributed by atoms with Crippen LogP contribution < -0.4 is 10.2 Å². The molecule has 0 unspecified atom stereocenters. The van der Waals surface area contributed by atoms with Crippen LogP contribution in [0, 0.1) is 5.82 Å². The second kappa shape index (κ2) is 6.85. The average Bonchev–Trinajstić information content (AvgIpc) is 2.47. The fourth-order valence-corrected chi connectivity index (χ4v) is 1.84. The fraction of sp³-hybridized carbons (Fsp3) is 0.0667. The highest BCUT2D eigenvalue weighted by Crippen LogP contribution is 2.22. The predicted octanol–water partition coefficient (Wildman–Crippen LogP) is 3.25. The van der Waals surface area contributed by atoms with Gasteiger partial charge in [-0.15, -0.1) is 0 Å². The van der Waals surface area contributed by atoms with Crippen LogP contribution in [0.4, 0.5) is 4.39 Å². The van der Waals surface area contributed by atoms with Crippen molar-refractivity contribution in [1.29, 1.82) is 0 Å². The molecule has 0 aromatic heterocycles. The second-order valence-corrected chi connectivity index (χ2v) is 4.54. The maximum absolute atomic E-state index is 13.0. The number of hydrazone groups is 1. The molecule has 0 aliphatic carbocycles. The molecule has 2 rings (SSSR count). The molecule has 1 amide bonds. The summed E-state index contributed by atoms with van der Waals surface area (Å²) in [5, 5.41) is 4.19. The number of hydrogen-bond acceptors (Lipinski definition) is 3. The molecule has 0 aliphatic heterocycles. The van der Waals surface area contributed by atoms with Gasteiger partial charge in [0.1, 0.15) is 11.6 Å². The van der Waals surface area contributed by atoms with Gasteiger partial charge in [0.05, 0.1) is 18.9 Å². The molecule has 0 bridgehead atoms. The van der Waals surface area contributed by atoms with Crippen LogP contribution in [0.3, 0.4) is 0 Å². The number of halogens is 2. The first-order chi connectivity index (χ1) is 10.1. The van der Waals surface area contributed by atoms with Gasteiger partial charge in [-0.1, -0.05) is 23.7 Å². The van der Waals surface area contributed by atoms with Gasteiger partial charge in [0, 0.05) is 5.02 Å². The van der Waals surface area contributed by atoms with Crippen molar-refractivity contribution in [3.05, 3.63) is 64.4 Å². The van der Waals surface area contributed by atoms with Crippen LogP contribution in [0.1, 0.15) is 15.9 Å². The lowest BCUT2D eigenvalue weighted by Gasteiger charge is -2.07. The number of nitrogens with one attached hydrogen (secondary N) is 1. The van der Waals surface area contributed by atoms with E-state index in [-0.39, 0.29) is 11.4 Å². The molecule has 0 aliphatic rings. The van der Waals surface area contributed by atoms with E-state index in [1.807, 2.05) is 0 Å². The van der Waals surface area contributed by atoms with Crippen LogP contribution in [0.25, 0.3) is 0 Å². The summed E-state index contributed by atoms with van der Waals surface area (Å²) in [4.78, 5) is 12.0. The van der Waals surface area contributed by atoms with Gasteiger partial charge in [0.15, 0.2) is 0 Å². The van der Waals surface area contributed by atoms with Crippen molar-refractivity contribution in [2.45, 2.75) is 0 Å². The van der Waals surface area contributed by atoms with E-state index in [9.17, 15) is 9.18 Å². The highest BCUT2D eigenvalue weighted by molar-refractivity contribution is 6.31. The molecular weight excluding hydrogens is 295 g/mol. The van der Waals surface area contributed by atoms with Gasteiger partial charge in [-0.2, -0.15) is 5.10 Å². The SMILES string of the molecule is COc1ccc(Cl)cc1C(=O)NN=Cc1cccc(F)c1. The molecule has 108 valence electrons. The zero-order chi connectivity index (χ0) is 15.2. The van der Waals surface area contributed by atoms with E-state index in [1.165, 1.54) is 31.5 Å². The number of nitrogens with zero attached hydrogens (tertiary/aromatic N) is 1. The number of ether oxygens (including phenoxy) is 1. The Morgan fingerprint density at radius 3 is 2.86 bits per heavy atom. The van der Waals surface area contributed by atoms with Crippen LogP contribution >= 0.6 is 11.6 Å². The summed E-state index contributed by atoms with van der Waals surface area (Å²) in [5.41, 5.74) is 3.14. The first-order valence-corrected chi connectivity index (χ1v) is 6.40. The Balaban J connectivity index is 2.10. The van der Waals surface area contributed by atoms with E-state index in [1.54, 1.807) is 24.3 Å². The molecule has 0 saturated heterocycles. The third kappa shape index (κ3) is 4.03. The Morgan fingerprint density at radius 2 is 2.14 bits per heavy atom. The number of benzene rings is 2. The number of hydrogen-bond donors (Lipinski definition) is 1. The molecule has 1 N–H and O–H groups in total. The zero-order valence-electron chi connectivity index (χ0n) is 11.1. The van der Waals surface area contributed by atoms with Gasteiger partial charge in [-0.25, -0.2) is 9.82 Å². The van der Waals surface area contributed by atoms with Crippen molar-refractivity contribution in [3.8, 4) is 5.75 Å². The summed E-state index contributed by atoms with van der Waals surface area (Å²) < 4.78 is 18.1. The van der Waals surface area contributed by atoms with E-state index < -0.39 is 5.91 Å². The smallest absolute Gasteiger partial charge is 0.275 e. The van der Waals surface area contributed by atoms with Gasteiger partial charge in [0.2, 0.25) is 0 Å². The highest BCUT2D eigenvalue weighted by Gasteiger charge is 2.11. The lowest BCUT2D eigenvalue weighted by atomic mass is 10.2. The lowest BCUT2D eigenvalue weighted by Crippen LogP contribution is -2.18. The summed E-state index contributed by atoms with van der Waals surface area (Å²) in [6.07, 6.45) is 1.35. The minimum absolute atomic E-state index is 0.265. The highest BCUT2D eigenvalue weighted by atomic mass is 35.5. The van der Waals surface area contributed by atoms with Crippen molar-refractivity contribution in [2.24, 2.45) is 5.10 Å². The Labute approximate surface area is 126 Å². The van der Waals surface area contributed by atoms with E-state index in [0.29, 0.717) is 16.3 Å². The molecule has 4 nitrogen and oxygen atoms in total. The Kier molecular flexibility index (Phi) is 4.90. The summed E-state index contributed by atoms with van der Waals surface area (Å²) in [6.45, 7) is 0. The number of methoxy groups -OCH3 is 1. The molecular formula is C15H12ClFN2O2. The minimum atomic E-state index is -0.470. The summed E-state index contributed by atoms with van der Waals surface area (Å²) in [6, 6.07) is 10.5. The molecule has 2 aromatic carbocycles. The molecule has 0 heterocycles. The minimum Gasteiger partial charge on any atom is -0.496 e. The monoisotopic (exact) mass is 306 g/mol. The molecule has 0 saturated carbocycles. The van der Waals surface area contributed by atoms with Crippen molar-refractivity contribution < 1.29 is 13.9 Å². The molecule has 0 atom stereocenters. The molecule has 2 aromatic rings. The van der Waals surface area contributed by atoms with Gasteiger partial charge in [-0.05, 0) is 35.9 Å². The summed E-state index contributed by atoms with van der Waals surface area (Å²) >= 11 is 5.85. The normalized spacial score (nSPS) is 10.6. The van der Waals surface area contributed by atoms with Crippen LogP contribution in [-0.4, -0.2) is 19.2 Å². The zero-order valence-corrected chi connectivity index (χ0v) is 11.9. The van der Waals surface area contributed by atoms with E-state index in [4.69, 9.17) is 16.3 Å². The van der Waals surface area contributed by atoms with E-state index >= 15 is 0 Å². The lowest BCUT2D eigenvalue weighted by molar-refractivity contribution is 0.0952. The number of amides is 1. The third-order valence-electron chi connectivity index (χ3n) is 2.63. The van der Waals surface area contributed by atoms with Crippen LogP contribution in [-0.2, 0) is 0 Å². The molecule has 6 heteroatoms. The number of carbonyl (C=O) groups excluding carboxylic acids is 1. The average molecular weight is 307 g/mol. The topological polar surface area (TPSA) is 50.7 Å². The fourth-order valence-electron chi connectivity index (χ4n) is 1.67. The maximum atomic E-state index is 13.0. The van der Waals surface area contributed by atoms with Crippen molar-refractivity contribution in [3.63, 3.8) is 0 Å². The largest absolute Gasteiger partial charge is 0.496 e. The van der Waals surface area contributed by atoms with Crippen LogP contribution in [0.2, 0.25) is 5.02 Å².